The van der Waals surface area contributed by atoms with Gasteiger partial charge < -0.3 is 10.2 Å². The fourth-order valence-corrected chi connectivity index (χ4v) is 2.64. The highest BCUT2D eigenvalue weighted by molar-refractivity contribution is 5.78. The van der Waals surface area contributed by atoms with Crippen molar-refractivity contribution in [1.29, 1.82) is 0 Å². The Morgan fingerprint density at radius 1 is 1.22 bits per heavy atom. The van der Waals surface area contributed by atoms with Gasteiger partial charge in [0.25, 0.3) is 0 Å². The summed E-state index contributed by atoms with van der Waals surface area (Å²) in [4.78, 5) is 13.6. The number of likely N-dealkylation sites (N-methyl/N-ethyl adjacent to an activating group) is 1. The molecular weight excluding hydrogens is 224 g/mol. The Kier molecular flexibility index (Phi) is 6.69. The lowest BCUT2D eigenvalue weighted by molar-refractivity contribution is -0.130. The number of carbonyl (C=O) groups is 1. The lowest BCUT2D eigenvalue weighted by atomic mass is 9.81. The van der Waals surface area contributed by atoms with Crippen molar-refractivity contribution in [2.24, 2.45) is 11.8 Å². The maximum absolute atomic E-state index is 11.8. The molecular formula is C15H30N2O. The van der Waals surface area contributed by atoms with Gasteiger partial charge >= 0.3 is 0 Å². The number of carbonyl (C=O) groups excluding carboxylic acids is 1. The maximum atomic E-state index is 11.8. The Labute approximate surface area is 112 Å². The zero-order chi connectivity index (χ0) is 13.5. The molecule has 0 aliphatic heterocycles. The Bertz CT molecular complexity index is 245. The fourth-order valence-electron chi connectivity index (χ4n) is 2.64. The van der Waals surface area contributed by atoms with Crippen molar-refractivity contribution in [2.75, 3.05) is 20.1 Å². The van der Waals surface area contributed by atoms with E-state index in [1.165, 1.54) is 32.1 Å². The molecule has 0 saturated heterocycles. The lowest BCUT2D eigenvalue weighted by Crippen LogP contribution is -2.40. The molecule has 0 atom stereocenters. The maximum Gasteiger partial charge on any atom is 0.236 e. The molecule has 0 aromatic carbocycles. The van der Waals surface area contributed by atoms with Gasteiger partial charge in [-0.05, 0) is 45.1 Å². The quantitative estimate of drug-likeness (QED) is 0.790. The fraction of sp³-hybridized carbons (Fsp3) is 0.933. The third-order valence-electron chi connectivity index (χ3n) is 4.42. The second-order valence-electron chi connectivity index (χ2n) is 6.02. The van der Waals surface area contributed by atoms with E-state index < -0.39 is 0 Å². The molecule has 1 rings (SSSR count). The van der Waals surface area contributed by atoms with Crippen LogP contribution in [0.25, 0.3) is 0 Å². The zero-order valence-electron chi connectivity index (χ0n) is 12.5. The summed E-state index contributed by atoms with van der Waals surface area (Å²) in [6.45, 7) is 7.88. The van der Waals surface area contributed by atoms with Crippen LogP contribution in [0, 0.1) is 11.8 Å². The Hall–Kier alpha value is -0.570. The van der Waals surface area contributed by atoms with Gasteiger partial charge in [0.05, 0.1) is 6.54 Å². The van der Waals surface area contributed by atoms with Gasteiger partial charge in [-0.1, -0.05) is 26.2 Å². The molecule has 0 radical (unpaired) electrons. The van der Waals surface area contributed by atoms with Crippen molar-refractivity contribution in [3.63, 3.8) is 0 Å². The molecule has 1 saturated carbocycles. The molecule has 1 amide bonds. The van der Waals surface area contributed by atoms with E-state index in [1.807, 2.05) is 20.9 Å². The number of rotatable bonds is 6. The minimum absolute atomic E-state index is 0.201. The van der Waals surface area contributed by atoms with Gasteiger partial charge in [-0.25, -0.2) is 0 Å². The predicted octanol–water partition coefficient (Wildman–Crippen LogP) is 2.66. The molecule has 18 heavy (non-hydrogen) atoms. The number of nitrogens with zero attached hydrogens (tertiary/aromatic N) is 1. The number of hydrogen-bond donors (Lipinski definition) is 1. The molecule has 1 N–H and O–H groups in total. The average molecular weight is 254 g/mol. The van der Waals surface area contributed by atoms with E-state index in [1.54, 1.807) is 4.90 Å². The summed E-state index contributed by atoms with van der Waals surface area (Å²) in [5.41, 5.74) is 0. The third-order valence-corrected chi connectivity index (χ3v) is 4.42. The van der Waals surface area contributed by atoms with Crippen LogP contribution in [0.15, 0.2) is 0 Å². The molecule has 1 aliphatic rings. The molecule has 0 aromatic heterocycles. The van der Waals surface area contributed by atoms with Gasteiger partial charge in [0, 0.05) is 13.1 Å². The molecule has 106 valence electrons. The van der Waals surface area contributed by atoms with Crippen LogP contribution in [0.2, 0.25) is 0 Å². The highest BCUT2D eigenvalue weighted by Crippen LogP contribution is 2.29. The first-order valence-electron chi connectivity index (χ1n) is 7.51. The molecule has 3 heteroatoms. The van der Waals surface area contributed by atoms with E-state index in [2.05, 4.69) is 12.2 Å². The minimum atomic E-state index is 0.201. The van der Waals surface area contributed by atoms with Gasteiger partial charge in [0.1, 0.15) is 0 Å². The standard InChI is InChI=1S/C15H30N2O/c1-5-13-6-8-14(9-7-13)10-16-11-15(18)17(4)12(2)3/h12-14,16H,5-11H2,1-4H3. The summed E-state index contributed by atoms with van der Waals surface area (Å²) in [6.07, 6.45) is 6.75. The predicted molar refractivity (Wildman–Crippen MR) is 76.5 cm³/mol. The summed E-state index contributed by atoms with van der Waals surface area (Å²) in [7, 11) is 1.88. The Morgan fingerprint density at radius 2 is 1.78 bits per heavy atom. The van der Waals surface area contributed by atoms with E-state index in [0.29, 0.717) is 12.6 Å². The van der Waals surface area contributed by atoms with Crippen molar-refractivity contribution in [3.8, 4) is 0 Å². The van der Waals surface area contributed by atoms with Crippen LogP contribution in [0.3, 0.4) is 0 Å². The second-order valence-corrected chi connectivity index (χ2v) is 6.02. The number of hydrogen-bond acceptors (Lipinski definition) is 2. The molecule has 0 heterocycles. The lowest BCUT2D eigenvalue weighted by Gasteiger charge is -2.28. The van der Waals surface area contributed by atoms with Gasteiger partial charge in [-0.3, -0.25) is 4.79 Å². The molecule has 0 spiro atoms. The van der Waals surface area contributed by atoms with Crippen molar-refractivity contribution in [2.45, 2.75) is 58.9 Å². The molecule has 3 nitrogen and oxygen atoms in total. The molecule has 0 unspecified atom stereocenters. The Morgan fingerprint density at radius 3 is 2.28 bits per heavy atom. The third kappa shape index (κ3) is 4.97. The summed E-state index contributed by atoms with van der Waals surface area (Å²) in [5, 5.41) is 3.33. The first-order chi connectivity index (χ1) is 8.54. The van der Waals surface area contributed by atoms with Crippen LogP contribution in [0.5, 0.6) is 0 Å². The van der Waals surface area contributed by atoms with E-state index in [9.17, 15) is 4.79 Å². The zero-order valence-corrected chi connectivity index (χ0v) is 12.5. The summed E-state index contributed by atoms with van der Waals surface area (Å²) < 4.78 is 0. The Balaban J connectivity index is 2.13. The topological polar surface area (TPSA) is 32.3 Å². The van der Waals surface area contributed by atoms with E-state index in [4.69, 9.17) is 0 Å². The average Bonchev–Trinajstić information content (AvgIpc) is 2.38. The van der Waals surface area contributed by atoms with Crippen LogP contribution in [-0.4, -0.2) is 37.0 Å². The van der Waals surface area contributed by atoms with Crippen LogP contribution in [-0.2, 0) is 4.79 Å². The molecule has 1 fully saturated rings. The smallest absolute Gasteiger partial charge is 0.236 e. The highest BCUT2D eigenvalue weighted by Gasteiger charge is 2.20. The van der Waals surface area contributed by atoms with Gasteiger partial charge in [-0.15, -0.1) is 0 Å². The SMILES string of the molecule is CCC1CCC(CNCC(=O)N(C)C(C)C)CC1. The van der Waals surface area contributed by atoms with Gasteiger partial charge in [-0.2, -0.15) is 0 Å². The first kappa shape index (κ1) is 15.5. The van der Waals surface area contributed by atoms with E-state index >= 15 is 0 Å². The largest absolute Gasteiger partial charge is 0.342 e. The van der Waals surface area contributed by atoms with E-state index in [-0.39, 0.29) is 5.91 Å². The number of nitrogens with one attached hydrogen (secondary N) is 1. The molecule has 0 bridgehead atoms. The summed E-state index contributed by atoms with van der Waals surface area (Å²) >= 11 is 0. The molecule has 1 aliphatic carbocycles. The van der Waals surface area contributed by atoms with Crippen molar-refractivity contribution in [3.05, 3.63) is 0 Å². The summed E-state index contributed by atoms with van der Waals surface area (Å²) in [6, 6.07) is 0.291. The van der Waals surface area contributed by atoms with Crippen molar-refractivity contribution < 1.29 is 4.79 Å². The molecule has 0 aromatic rings. The second kappa shape index (κ2) is 7.78. The number of amides is 1. The highest BCUT2D eigenvalue weighted by atomic mass is 16.2. The summed E-state index contributed by atoms with van der Waals surface area (Å²) in [5.74, 6) is 1.94. The van der Waals surface area contributed by atoms with Crippen molar-refractivity contribution in [1.82, 2.24) is 10.2 Å². The monoisotopic (exact) mass is 254 g/mol. The first-order valence-corrected chi connectivity index (χ1v) is 7.51. The van der Waals surface area contributed by atoms with Gasteiger partial charge in [0.15, 0.2) is 0 Å². The van der Waals surface area contributed by atoms with E-state index in [0.717, 1.165) is 18.4 Å². The van der Waals surface area contributed by atoms with Crippen LogP contribution < -0.4 is 5.32 Å². The van der Waals surface area contributed by atoms with Crippen molar-refractivity contribution >= 4 is 5.91 Å². The van der Waals surface area contributed by atoms with Crippen LogP contribution >= 0.6 is 0 Å². The van der Waals surface area contributed by atoms with Gasteiger partial charge in [0.2, 0.25) is 5.91 Å². The minimum Gasteiger partial charge on any atom is -0.342 e. The normalized spacial score (nSPS) is 24.3. The van der Waals surface area contributed by atoms with Crippen LogP contribution in [0.4, 0.5) is 0 Å². The van der Waals surface area contributed by atoms with Crippen LogP contribution in [0.1, 0.15) is 52.9 Å².